The van der Waals surface area contributed by atoms with Crippen LogP contribution in [0, 0.1) is 0 Å². The number of hydrogen-bond donors (Lipinski definition) is 0. The summed E-state index contributed by atoms with van der Waals surface area (Å²) in [4.78, 5) is 0. The minimum Gasteiger partial charge on any atom is -0.870 e. The molecule has 12 heavy (non-hydrogen) atoms. The summed E-state index contributed by atoms with van der Waals surface area (Å²) in [5, 5.41) is 11.0. The molecule has 0 heterocycles. The van der Waals surface area contributed by atoms with Gasteiger partial charge in [0.15, 0.2) is 11.5 Å². The average molecular weight is 176 g/mol. The average Bonchev–Trinajstić information content (AvgIpc) is 2.04. The van der Waals surface area contributed by atoms with Crippen molar-refractivity contribution in [2.24, 2.45) is 0 Å². The van der Waals surface area contributed by atoms with E-state index in [1.165, 1.54) is 20.3 Å². The van der Waals surface area contributed by atoms with Crippen LogP contribution in [-0.2, 0) is 0 Å². The molecule has 0 N–H and O–H groups in total. The van der Waals surface area contributed by atoms with E-state index in [-0.39, 0.29) is 41.1 Å². The Morgan fingerprint density at radius 3 is 2.25 bits per heavy atom. The van der Waals surface area contributed by atoms with Gasteiger partial charge in [-0.3, -0.25) is 0 Å². The summed E-state index contributed by atoms with van der Waals surface area (Å²) in [7, 11) is 2.94. The molecule has 0 radical (unpaired) electrons. The van der Waals surface area contributed by atoms with Crippen molar-refractivity contribution in [3.63, 3.8) is 0 Å². The van der Waals surface area contributed by atoms with E-state index in [2.05, 4.69) is 0 Å². The van der Waals surface area contributed by atoms with E-state index in [0.717, 1.165) is 0 Å². The van der Waals surface area contributed by atoms with E-state index in [4.69, 9.17) is 9.47 Å². The molecule has 0 spiro atoms. The number of para-hydroxylation sites is 1. The van der Waals surface area contributed by atoms with Crippen molar-refractivity contribution in [1.82, 2.24) is 0 Å². The molecule has 60 valence electrons. The maximum atomic E-state index is 11.0. The van der Waals surface area contributed by atoms with Gasteiger partial charge in [-0.05, 0) is 6.07 Å². The molecule has 0 saturated carbocycles. The standard InChI is InChI=1S/C8H10O3.Na/c1-10-7-5-3-4-6(9)8(7)11-2;/h3-5,9H,1-2H3;/q;+1/p-1. The Morgan fingerprint density at radius 2 is 1.83 bits per heavy atom. The van der Waals surface area contributed by atoms with Gasteiger partial charge in [0.25, 0.3) is 0 Å². The van der Waals surface area contributed by atoms with Crippen molar-refractivity contribution < 1.29 is 44.1 Å². The van der Waals surface area contributed by atoms with E-state index in [0.29, 0.717) is 5.75 Å². The van der Waals surface area contributed by atoms with Gasteiger partial charge in [-0.2, -0.15) is 0 Å². The number of rotatable bonds is 2. The van der Waals surface area contributed by atoms with Crippen molar-refractivity contribution >= 4 is 0 Å². The third-order valence-corrected chi connectivity index (χ3v) is 1.37. The first-order valence-electron chi connectivity index (χ1n) is 3.17. The van der Waals surface area contributed by atoms with Gasteiger partial charge in [0.2, 0.25) is 0 Å². The van der Waals surface area contributed by atoms with Crippen molar-refractivity contribution in [2.75, 3.05) is 14.2 Å². The van der Waals surface area contributed by atoms with Gasteiger partial charge < -0.3 is 14.6 Å². The molecule has 0 unspecified atom stereocenters. The molecule has 0 atom stereocenters. The fourth-order valence-electron chi connectivity index (χ4n) is 0.858. The molecule has 0 fully saturated rings. The third kappa shape index (κ3) is 2.30. The number of methoxy groups -OCH3 is 2. The van der Waals surface area contributed by atoms with Crippen molar-refractivity contribution in [2.45, 2.75) is 0 Å². The van der Waals surface area contributed by atoms with E-state index in [1.54, 1.807) is 12.1 Å². The Bertz CT molecular complexity index is 250. The zero-order valence-corrected chi connectivity index (χ0v) is 9.46. The second-order valence-electron chi connectivity index (χ2n) is 1.99. The normalized spacial score (nSPS) is 8.50. The van der Waals surface area contributed by atoms with Crippen LogP contribution in [0.15, 0.2) is 18.2 Å². The van der Waals surface area contributed by atoms with Crippen LogP contribution in [0.5, 0.6) is 17.2 Å². The monoisotopic (exact) mass is 176 g/mol. The van der Waals surface area contributed by atoms with E-state index < -0.39 is 0 Å². The summed E-state index contributed by atoms with van der Waals surface area (Å²) in [6, 6.07) is 4.74. The molecular formula is C8H9NaO3. The second kappa shape index (κ2) is 5.30. The molecule has 0 aromatic heterocycles. The Hall–Kier alpha value is -0.380. The summed E-state index contributed by atoms with van der Waals surface area (Å²) in [6.07, 6.45) is 0. The van der Waals surface area contributed by atoms with Gasteiger partial charge in [-0.1, -0.05) is 17.9 Å². The SMILES string of the molecule is COc1cccc([O-])c1OC.[Na+]. The van der Waals surface area contributed by atoms with Crippen LogP contribution in [0.3, 0.4) is 0 Å². The van der Waals surface area contributed by atoms with Gasteiger partial charge in [0, 0.05) is 0 Å². The second-order valence-corrected chi connectivity index (χ2v) is 1.99. The van der Waals surface area contributed by atoms with Crippen LogP contribution >= 0.6 is 0 Å². The Morgan fingerprint density at radius 1 is 1.17 bits per heavy atom. The van der Waals surface area contributed by atoms with E-state index in [9.17, 15) is 5.11 Å². The fraction of sp³-hybridized carbons (Fsp3) is 0.250. The maximum Gasteiger partial charge on any atom is 1.00 e. The predicted molar refractivity (Wildman–Crippen MR) is 39.0 cm³/mol. The first-order valence-corrected chi connectivity index (χ1v) is 3.17. The van der Waals surface area contributed by atoms with Gasteiger partial charge in [0.05, 0.1) is 14.2 Å². The molecule has 1 rings (SSSR count). The van der Waals surface area contributed by atoms with Gasteiger partial charge in [-0.15, -0.1) is 0 Å². The zero-order chi connectivity index (χ0) is 8.27. The number of benzene rings is 1. The maximum absolute atomic E-state index is 11.0. The molecule has 1 aromatic carbocycles. The molecule has 4 heteroatoms. The summed E-state index contributed by atoms with van der Waals surface area (Å²) in [6.45, 7) is 0. The number of ether oxygens (including phenoxy) is 2. The molecule has 0 aliphatic carbocycles. The smallest absolute Gasteiger partial charge is 0.870 e. The van der Waals surface area contributed by atoms with Gasteiger partial charge >= 0.3 is 29.6 Å². The minimum absolute atomic E-state index is 0. The van der Waals surface area contributed by atoms with Crippen LogP contribution in [0.4, 0.5) is 0 Å². The van der Waals surface area contributed by atoms with Gasteiger partial charge in [-0.25, -0.2) is 0 Å². The molecule has 0 amide bonds. The van der Waals surface area contributed by atoms with Crippen LogP contribution in [-0.4, -0.2) is 14.2 Å². The molecule has 1 aromatic rings. The third-order valence-electron chi connectivity index (χ3n) is 1.37. The van der Waals surface area contributed by atoms with Gasteiger partial charge in [0.1, 0.15) is 0 Å². The minimum atomic E-state index is -0.160. The van der Waals surface area contributed by atoms with E-state index >= 15 is 0 Å². The molecule has 0 bridgehead atoms. The Balaban J connectivity index is 0.00000121. The first-order chi connectivity index (χ1) is 5.29. The van der Waals surface area contributed by atoms with Crippen LogP contribution < -0.4 is 44.1 Å². The first kappa shape index (κ1) is 11.6. The Kier molecular flexibility index (Phi) is 5.13. The molecular weight excluding hydrogens is 167 g/mol. The molecule has 0 saturated heterocycles. The summed E-state index contributed by atoms with van der Waals surface area (Å²) >= 11 is 0. The summed E-state index contributed by atoms with van der Waals surface area (Å²) in [5.74, 6) is 0.571. The van der Waals surface area contributed by atoms with Crippen molar-refractivity contribution in [3.8, 4) is 17.2 Å². The Labute approximate surface area is 93.6 Å². The summed E-state index contributed by atoms with van der Waals surface area (Å²) < 4.78 is 9.72. The molecule has 0 aliphatic rings. The molecule has 0 aliphatic heterocycles. The predicted octanol–water partition coefficient (Wildman–Crippen LogP) is -2.22. The molecule has 3 nitrogen and oxygen atoms in total. The number of hydrogen-bond acceptors (Lipinski definition) is 3. The van der Waals surface area contributed by atoms with Crippen LogP contribution in [0.1, 0.15) is 0 Å². The van der Waals surface area contributed by atoms with Crippen LogP contribution in [0.25, 0.3) is 0 Å². The van der Waals surface area contributed by atoms with E-state index in [1.807, 2.05) is 0 Å². The zero-order valence-electron chi connectivity index (χ0n) is 7.46. The van der Waals surface area contributed by atoms with Crippen molar-refractivity contribution in [1.29, 1.82) is 0 Å². The summed E-state index contributed by atoms with van der Waals surface area (Å²) in [5.41, 5.74) is 0. The largest absolute Gasteiger partial charge is 1.00 e. The van der Waals surface area contributed by atoms with Crippen molar-refractivity contribution in [3.05, 3.63) is 18.2 Å². The fourth-order valence-corrected chi connectivity index (χ4v) is 0.858. The quantitative estimate of drug-likeness (QED) is 0.479. The van der Waals surface area contributed by atoms with Crippen LogP contribution in [0.2, 0.25) is 0 Å². The topological polar surface area (TPSA) is 41.5 Å².